The summed E-state index contributed by atoms with van der Waals surface area (Å²) in [5.41, 5.74) is 0. The summed E-state index contributed by atoms with van der Waals surface area (Å²) in [4.78, 5) is 28.1. The normalized spacial score (nSPS) is 24.5. The van der Waals surface area contributed by atoms with Crippen LogP contribution in [0.2, 0.25) is 0 Å². The van der Waals surface area contributed by atoms with Gasteiger partial charge in [0.25, 0.3) is 0 Å². The van der Waals surface area contributed by atoms with Gasteiger partial charge in [-0.2, -0.15) is 0 Å². The van der Waals surface area contributed by atoms with Gasteiger partial charge in [0, 0.05) is 39.1 Å². The molecule has 0 aromatic rings. The quantitative estimate of drug-likeness (QED) is 0.848. The first-order chi connectivity index (χ1) is 10.6. The number of nitrogens with zero attached hydrogens (tertiary/aromatic N) is 2. The molecule has 0 bridgehead atoms. The molecule has 3 amide bonds. The number of hydrogen-bond donors (Lipinski definition) is 1. The molecule has 0 radical (unpaired) electrons. The van der Waals surface area contributed by atoms with Crippen LogP contribution in [0, 0.1) is 5.92 Å². The van der Waals surface area contributed by atoms with E-state index in [4.69, 9.17) is 0 Å². The van der Waals surface area contributed by atoms with Crippen LogP contribution >= 0.6 is 0 Å². The number of piperidine rings is 1. The summed E-state index contributed by atoms with van der Waals surface area (Å²) in [5, 5.41) is 2.95. The van der Waals surface area contributed by atoms with Crippen molar-refractivity contribution in [3.05, 3.63) is 0 Å². The van der Waals surface area contributed by atoms with Crippen molar-refractivity contribution >= 4 is 11.9 Å². The van der Waals surface area contributed by atoms with Crippen molar-refractivity contribution in [3.63, 3.8) is 0 Å². The van der Waals surface area contributed by atoms with E-state index in [1.165, 1.54) is 25.7 Å². The van der Waals surface area contributed by atoms with Gasteiger partial charge in [0.2, 0.25) is 5.91 Å². The smallest absolute Gasteiger partial charge is 0.317 e. The van der Waals surface area contributed by atoms with Crippen LogP contribution in [0.25, 0.3) is 0 Å². The van der Waals surface area contributed by atoms with Gasteiger partial charge in [0.1, 0.15) is 0 Å². The monoisotopic (exact) mass is 309 g/mol. The second kappa shape index (κ2) is 8.39. The standard InChI is InChI=1S/C17H31N3O2/c1-3-12-19(2)16(21)10-11-18-17(22)20-13-6-8-14-7-4-5-9-15(14)20/h14-15H,3-13H2,1-2H3,(H,18,22). The zero-order valence-electron chi connectivity index (χ0n) is 14.1. The van der Waals surface area contributed by atoms with Crippen LogP contribution in [0.1, 0.15) is 58.3 Å². The Morgan fingerprint density at radius 3 is 2.68 bits per heavy atom. The maximum Gasteiger partial charge on any atom is 0.317 e. The number of carbonyl (C=O) groups is 2. The van der Waals surface area contributed by atoms with E-state index in [1.807, 2.05) is 11.9 Å². The molecule has 2 aliphatic rings. The molecule has 5 nitrogen and oxygen atoms in total. The van der Waals surface area contributed by atoms with Gasteiger partial charge in [-0.25, -0.2) is 4.79 Å². The Bertz CT molecular complexity index is 384. The molecular formula is C17H31N3O2. The molecule has 1 saturated heterocycles. The van der Waals surface area contributed by atoms with E-state index in [1.54, 1.807) is 4.90 Å². The summed E-state index contributed by atoms with van der Waals surface area (Å²) in [5.74, 6) is 0.807. The van der Waals surface area contributed by atoms with Crippen molar-refractivity contribution < 1.29 is 9.59 Å². The van der Waals surface area contributed by atoms with Crippen LogP contribution in [0.5, 0.6) is 0 Å². The fourth-order valence-electron chi connectivity index (χ4n) is 3.91. The lowest BCUT2D eigenvalue weighted by atomic mass is 9.78. The van der Waals surface area contributed by atoms with Crippen molar-refractivity contribution in [1.29, 1.82) is 0 Å². The highest BCUT2D eigenvalue weighted by Crippen LogP contribution is 2.35. The lowest BCUT2D eigenvalue weighted by Gasteiger charge is -2.44. The topological polar surface area (TPSA) is 52.7 Å². The molecule has 1 N–H and O–H groups in total. The second-order valence-corrected chi connectivity index (χ2v) is 6.74. The average molecular weight is 309 g/mol. The molecule has 126 valence electrons. The van der Waals surface area contributed by atoms with Gasteiger partial charge >= 0.3 is 6.03 Å². The number of urea groups is 1. The summed E-state index contributed by atoms with van der Waals surface area (Å²) >= 11 is 0. The maximum atomic E-state index is 12.4. The number of likely N-dealkylation sites (tertiary alicyclic amines) is 1. The van der Waals surface area contributed by atoms with Crippen molar-refractivity contribution in [1.82, 2.24) is 15.1 Å². The fraction of sp³-hybridized carbons (Fsp3) is 0.882. The first-order valence-corrected chi connectivity index (χ1v) is 8.92. The molecule has 1 saturated carbocycles. The van der Waals surface area contributed by atoms with Crippen molar-refractivity contribution in [2.75, 3.05) is 26.7 Å². The predicted octanol–water partition coefficient (Wildman–Crippen LogP) is 2.61. The molecule has 5 heteroatoms. The van der Waals surface area contributed by atoms with Crippen molar-refractivity contribution in [2.45, 2.75) is 64.3 Å². The largest absolute Gasteiger partial charge is 0.346 e. The molecule has 2 rings (SSSR count). The highest BCUT2D eigenvalue weighted by Gasteiger charge is 2.35. The highest BCUT2D eigenvalue weighted by molar-refractivity contribution is 5.78. The number of rotatable bonds is 5. The van der Waals surface area contributed by atoms with Crippen LogP contribution in [-0.4, -0.2) is 54.5 Å². The van der Waals surface area contributed by atoms with Gasteiger partial charge in [0.15, 0.2) is 0 Å². The maximum absolute atomic E-state index is 12.4. The molecule has 22 heavy (non-hydrogen) atoms. The minimum absolute atomic E-state index is 0.0301. The number of carbonyl (C=O) groups excluding carboxylic acids is 2. The SMILES string of the molecule is CCCN(C)C(=O)CCNC(=O)N1CCCC2CCCCC21. The van der Waals surface area contributed by atoms with Gasteiger partial charge in [-0.1, -0.05) is 19.8 Å². The first-order valence-electron chi connectivity index (χ1n) is 8.92. The summed E-state index contributed by atoms with van der Waals surface area (Å²) in [6.45, 7) is 4.15. The molecule has 1 heterocycles. The molecule has 0 spiro atoms. The summed E-state index contributed by atoms with van der Waals surface area (Å²) in [6, 6.07) is 0.462. The number of fused-ring (bicyclic) bond motifs is 1. The number of hydrogen-bond acceptors (Lipinski definition) is 2. The van der Waals surface area contributed by atoms with E-state index < -0.39 is 0 Å². The highest BCUT2D eigenvalue weighted by atomic mass is 16.2. The van der Waals surface area contributed by atoms with Crippen molar-refractivity contribution in [2.24, 2.45) is 5.92 Å². The molecule has 2 unspecified atom stereocenters. The van der Waals surface area contributed by atoms with E-state index in [2.05, 4.69) is 12.2 Å². The van der Waals surface area contributed by atoms with Gasteiger partial charge in [0.05, 0.1) is 0 Å². The lowest BCUT2D eigenvalue weighted by molar-refractivity contribution is -0.129. The zero-order chi connectivity index (χ0) is 15.9. The van der Waals surface area contributed by atoms with Gasteiger partial charge < -0.3 is 15.1 Å². The zero-order valence-corrected chi connectivity index (χ0v) is 14.1. The predicted molar refractivity (Wildman–Crippen MR) is 87.6 cm³/mol. The third-order valence-electron chi connectivity index (χ3n) is 5.10. The Morgan fingerprint density at radius 1 is 1.18 bits per heavy atom. The first kappa shape index (κ1) is 17.1. The van der Waals surface area contributed by atoms with E-state index in [0.29, 0.717) is 24.9 Å². The molecule has 0 aromatic carbocycles. The molecule has 0 aromatic heterocycles. The Kier molecular flexibility index (Phi) is 6.52. The van der Waals surface area contributed by atoms with Crippen LogP contribution in [0.3, 0.4) is 0 Å². The molecule has 2 fully saturated rings. The van der Waals surface area contributed by atoms with Gasteiger partial charge in [-0.05, 0) is 38.0 Å². The van der Waals surface area contributed by atoms with Crippen LogP contribution < -0.4 is 5.32 Å². The third kappa shape index (κ3) is 4.37. The van der Waals surface area contributed by atoms with Crippen LogP contribution in [0.4, 0.5) is 4.79 Å². The molecule has 2 atom stereocenters. The third-order valence-corrected chi connectivity index (χ3v) is 5.10. The Morgan fingerprint density at radius 2 is 1.91 bits per heavy atom. The van der Waals surface area contributed by atoms with Crippen LogP contribution in [-0.2, 0) is 4.79 Å². The van der Waals surface area contributed by atoms with E-state index >= 15 is 0 Å². The number of nitrogens with one attached hydrogen (secondary N) is 1. The molecule has 1 aliphatic carbocycles. The van der Waals surface area contributed by atoms with E-state index in [-0.39, 0.29) is 11.9 Å². The van der Waals surface area contributed by atoms with Gasteiger partial charge in [-0.3, -0.25) is 4.79 Å². The second-order valence-electron chi connectivity index (χ2n) is 6.74. The summed E-state index contributed by atoms with van der Waals surface area (Å²) in [6.07, 6.45) is 8.72. The number of amides is 3. The molecule has 1 aliphatic heterocycles. The summed E-state index contributed by atoms with van der Waals surface area (Å²) in [7, 11) is 1.82. The van der Waals surface area contributed by atoms with Crippen molar-refractivity contribution in [3.8, 4) is 0 Å². The van der Waals surface area contributed by atoms with Gasteiger partial charge in [-0.15, -0.1) is 0 Å². The van der Waals surface area contributed by atoms with Crippen LogP contribution in [0.15, 0.2) is 0 Å². The minimum atomic E-state index is 0.0301. The molecular weight excluding hydrogens is 278 g/mol. The Hall–Kier alpha value is -1.26. The fourth-order valence-corrected chi connectivity index (χ4v) is 3.91. The van der Waals surface area contributed by atoms with E-state index in [0.717, 1.165) is 32.4 Å². The Balaban J connectivity index is 1.75. The minimum Gasteiger partial charge on any atom is -0.346 e. The lowest BCUT2D eigenvalue weighted by Crippen LogP contribution is -2.53. The average Bonchev–Trinajstić information content (AvgIpc) is 2.54. The van der Waals surface area contributed by atoms with E-state index in [9.17, 15) is 9.59 Å². The summed E-state index contributed by atoms with van der Waals surface area (Å²) < 4.78 is 0. The Labute approximate surface area is 134 Å².